The molecule has 1 N–H and O–H groups in total. The summed E-state index contributed by atoms with van der Waals surface area (Å²) in [6.07, 6.45) is 1.08. The molecule has 0 aliphatic carbocycles. The Bertz CT molecular complexity index is 166. The number of nitrogens with one attached hydrogen (secondary N) is 1. The van der Waals surface area contributed by atoms with Gasteiger partial charge in [-0.15, -0.1) is 0 Å². The first kappa shape index (κ1) is 9.45. The molecule has 3 nitrogen and oxygen atoms in total. The number of halogens is 1. The van der Waals surface area contributed by atoms with Gasteiger partial charge in [0.05, 0.1) is 12.5 Å². The Balaban J connectivity index is 2.66. The van der Waals surface area contributed by atoms with Gasteiger partial charge < -0.3 is 10.1 Å². The molecule has 12 heavy (non-hydrogen) atoms. The summed E-state index contributed by atoms with van der Waals surface area (Å²) in [7, 11) is 1.31. The molecule has 0 aromatic carbocycles. The van der Waals surface area contributed by atoms with Gasteiger partial charge >= 0.3 is 5.97 Å². The highest BCUT2D eigenvalue weighted by molar-refractivity contribution is 5.77. The molecular formula is C8H14FNO2. The van der Waals surface area contributed by atoms with Gasteiger partial charge in [0.1, 0.15) is 6.67 Å². The maximum atomic E-state index is 12.6. The number of rotatable bonds is 2. The second kappa shape index (κ2) is 3.85. The molecule has 1 fully saturated rings. The average Bonchev–Trinajstić information content (AvgIpc) is 2.17. The molecule has 1 aliphatic rings. The first-order valence-corrected chi connectivity index (χ1v) is 4.10. The zero-order chi connectivity index (χ0) is 9.03. The number of methoxy groups -OCH3 is 1. The van der Waals surface area contributed by atoms with Gasteiger partial charge in [0.15, 0.2) is 0 Å². The molecule has 0 atom stereocenters. The standard InChI is InChI=1S/C8H14FNO2/c1-12-7(11)8(6-9)2-4-10-5-3-8/h10H,2-6H2,1H3. The van der Waals surface area contributed by atoms with Crippen LogP contribution in [0.1, 0.15) is 12.8 Å². The van der Waals surface area contributed by atoms with E-state index in [-0.39, 0.29) is 0 Å². The van der Waals surface area contributed by atoms with Crippen LogP contribution in [0, 0.1) is 5.41 Å². The van der Waals surface area contributed by atoms with Crippen molar-refractivity contribution in [3.8, 4) is 0 Å². The topological polar surface area (TPSA) is 38.3 Å². The molecule has 0 saturated carbocycles. The number of carbonyl (C=O) groups excluding carboxylic acids is 1. The summed E-state index contributed by atoms with van der Waals surface area (Å²) in [5.41, 5.74) is -0.861. The third-order valence-corrected chi connectivity index (χ3v) is 2.43. The molecule has 0 bridgehead atoms. The van der Waals surface area contributed by atoms with E-state index in [1.165, 1.54) is 7.11 Å². The summed E-state index contributed by atoms with van der Waals surface area (Å²) in [6, 6.07) is 0. The van der Waals surface area contributed by atoms with Crippen molar-refractivity contribution in [3.05, 3.63) is 0 Å². The van der Waals surface area contributed by atoms with E-state index in [1.807, 2.05) is 0 Å². The Labute approximate surface area is 71.3 Å². The minimum Gasteiger partial charge on any atom is -0.469 e. The zero-order valence-electron chi connectivity index (χ0n) is 7.23. The highest BCUT2D eigenvalue weighted by Gasteiger charge is 2.40. The van der Waals surface area contributed by atoms with E-state index in [4.69, 9.17) is 0 Å². The highest BCUT2D eigenvalue weighted by Crippen LogP contribution is 2.30. The molecule has 0 aromatic heterocycles. The van der Waals surface area contributed by atoms with E-state index >= 15 is 0 Å². The van der Waals surface area contributed by atoms with Crippen molar-refractivity contribution in [3.63, 3.8) is 0 Å². The second-order valence-corrected chi connectivity index (χ2v) is 3.16. The van der Waals surface area contributed by atoms with Crippen LogP contribution in [0.25, 0.3) is 0 Å². The minimum absolute atomic E-state index is 0.411. The molecule has 1 saturated heterocycles. The van der Waals surface area contributed by atoms with E-state index < -0.39 is 18.1 Å². The lowest BCUT2D eigenvalue weighted by atomic mass is 9.80. The van der Waals surface area contributed by atoms with Gasteiger partial charge in [-0.2, -0.15) is 0 Å². The van der Waals surface area contributed by atoms with Gasteiger partial charge in [-0.05, 0) is 25.9 Å². The van der Waals surface area contributed by atoms with Crippen molar-refractivity contribution in [2.24, 2.45) is 5.41 Å². The number of ether oxygens (including phenoxy) is 1. The van der Waals surface area contributed by atoms with Gasteiger partial charge in [0.2, 0.25) is 0 Å². The molecule has 0 amide bonds. The predicted octanol–water partition coefficient (Wildman–Crippen LogP) is 0.499. The molecule has 0 radical (unpaired) electrons. The van der Waals surface area contributed by atoms with Gasteiger partial charge in [-0.1, -0.05) is 0 Å². The highest BCUT2D eigenvalue weighted by atomic mass is 19.1. The van der Waals surface area contributed by atoms with E-state index in [0.717, 1.165) is 0 Å². The summed E-state index contributed by atoms with van der Waals surface area (Å²) in [6.45, 7) is 0.777. The molecular weight excluding hydrogens is 161 g/mol. The van der Waals surface area contributed by atoms with Crippen LogP contribution in [0.2, 0.25) is 0 Å². The number of hydrogen-bond donors (Lipinski definition) is 1. The van der Waals surface area contributed by atoms with Crippen LogP contribution in [0.5, 0.6) is 0 Å². The van der Waals surface area contributed by atoms with Gasteiger partial charge in [-0.3, -0.25) is 4.79 Å². The molecule has 0 spiro atoms. The van der Waals surface area contributed by atoms with Crippen molar-refractivity contribution in [1.29, 1.82) is 0 Å². The summed E-state index contributed by atoms with van der Waals surface area (Å²) >= 11 is 0. The number of alkyl halides is 1. The fraction of sp³-hybridized carbons (Fsp3) is 0.875. The fourth-order valence-electron chi connectivity index (χ4n) is 1.51. The van der Waals surface area contributed by atoms with Crippen molar-refractivity contribution in [2.75, 3.05) is 26.9 Å². The molecule has 0 aromatic rings. The predicted molar refractivity (Wildman–Crippen MR) is 42.5 cm³/mol. The van der Waals surface area contributed by atoms with Crippen LogP contribution < -0.4 is 5.32 Å². The normalized spacial score (nSPS) is 21.8. The van der Waals surface area contributed by atoms with Crippen molar-refractivity contribution in [1.82, 2.24) is 5.32 Å². The largest absolute Gasteiger partial charge is 0.469 e. The van der Waals surface area contributed by atoms with Crippen molar-refractivity contribution >= 4 is 5.97 Å². The number of piperidine rings is 1. The van der Waals surface area contributed by atoms with Crippen LogP contribution in [-0.2, 0) is 9.53 Å². The number of hydrogen-bond acceptors (Lipinski definition) is 3. The van der Waals surface area contributed by atoms with Crippen LogP contribution >= 0.6 is 0 Å². The minimum atomic E-state index is -0.861. The monoisotopic (exact) mass is 175 g/mol. The number of carbonyl (C=O) groups is 1. The van der Waals surface area contributed by atoms with Crippen molar-refractivity contribution in [2.45, 2.75) is 12.8 Å². The molecule has 70 valence electrons. The Hall–Kier alpha value is -0.640. The summed E-state index contributed by atoms with van der Waals surface area (Å²) in [4.78, 5) is 11.2. The Kier molecular flexibility index (Phi) is 3.03. The first-order chi connectivity index (χ1) is 5.75. The first-order valence-electron chi connectivity index (χ1n) is 4.10. The third kappa shape index (κ3) is 1.58. The molecule has 4 heteroatoms. The smallest absolute Gasteiger partial charge is 0.314 e. The summed E-state index contributed by atoms with van der Waals surface area (Å²) in [5, 5.41) is 3.08. The Morgan fingerprint density at radius 3 is 2.58 bits per heavy atom. The zero-order valence-corrected chi connectivity index (χ0v) is 7.23. The maximum absolute atomic E-state index is 12.6. The second-order valence-electron chi connectivity index (χ2n) is 3.16. The summed E-state index contributed by atoms with van der Waals surface area (Å²) < 4.78 is 17.2. The van der Waals surface area contributed by atoms with Crippen LogP contribution in [0.3, 0.4) is 0 Å². The van der Waals surface area contributed by atoms with E-state index in [1.54, 1.807) is 0 Å². The summed E-state index contributed by atoms with van der Waals surface area (Å²) in [5.74, 6) is -0.411. The van der Waals surface area contributed by atoms with Crippen LogP contribution in [-0.4, -0.2) is 32.8 Å². The van der Waals surface area contributed by atoms with E-state index in [9.17, 15) is 9.18 Å². The fourth-order valence-corrected chi connectivity index (χ4v) is 1.51. The lowest BCUT2D eigenvalue weighted by Crippen LogP contribution is -2.44. The molecule has 0 unspecified atom stereocenters. The Morgan fingerprint density at radius 1 is 1.58 bits per heavy atom. The number of esters is 1. The van der Waals surface area contributed by atoms with Gasteiger partial charge in [0, 0.05) is 0 Å². The lowest BCUT2D eigenvalue weighted by Gasteiger charge is -2.31. The van der Waals surface area contributed by atoms with Crippen LogP contribution in [0.4, 0.5) is 4.39 Å². The molecule has 1 heterocycles. The maximum Gasteiger partial charge on any atom is 0.314 e. The lowest BCUT2D eigenvalue weighted by molar-refractivity contribution is -0.155. The molecule has 1 aliphatic heterocycles. The van der Waals surface area contributed by atoms with E-state index in [2.05, 4.69) is 10.1 Å². The third-order valence-electron chi connectivity index (χ3n) is 2.43. The SMILES string of the molecule is COC(=O)C1(CF)CCNCC1. The quantitative estimate of drug-likeness (QED) is 0.621. The van der Waals surface area contributed by atoms with Crippen molar-refractivity contribution < 1.29 is 13.9 Å². The van der Waals surface area contributed by atoms with Gasteiger partial charge in [0.25, 0.3) is 0 Å². The van der Waals surface area contributed by atoms with Crippen LogP contribution in [0.15, 0.2) is 0 Å². The van der Waals surface area contributed by atoms with Gasteiger partial charge in [-0.25, -0.2) is 4.39 Å². The molecule has 1 rings (SSSR count). The Morgan fingerprint density at radius 2 is 2.17 bits per heavy atom. The van der Waals surface area contributed by atoms with E-state index in [0.29, 0.717) is 25.9 Å². The average molecular weight is 175 g/mol.